The topological polar surface area (TPSA) is 101 Å². The largest absolute Gasteiger partial charge is 0.481 e. The van der Waals surface area contributed by atoms with Crippen molar-refractivity contribution in [3.05, 3.63) is 23.8 Å². The maximum Gasteiger partial charge on any atom is 0.394 e. The molecule has 1 fully saturated rings. The van der Waals surface area contributed by atoms with Gasteiger partial charge in [0.25, 0.3) is 5.91 Å². The van der Waals surface area contributed by atoms with Crippen LogP contribution in [0, 0.1) is 18.8 Å². The standard InChI is InChI=1S/C15H15F3N4O4/c1-7-11(20-12(26-7)8-3-19-21(2)4-8)13(23)22-5-9(14(24)25)10(6-22)15(16,17)18/h3-4,9-10H,5-6H2,1-2H3,(H,24,25)/t9-,10-/m1/s1. The van der Waals surface area contributed by atoms with E-state index in [4.69, 9.17) is 9.52 Å². The molecule has 0 aliphatic carbocycles. The lowest BCUT2D eigenvalue weighted by Gasteiger charge is -2.18. The molecule has 0 bridgehead atoms. The lowest BCUT2D eigenvalue weighted by molar-refractivity contribution is -0.187. The van der Waals surface area contributed by atoms with Gasteiger partial charge in [-0.15, -0.1) is 0 Å². The quantitative estimate of drug-likeness (QED) is 0.880. The van der Waals surface area contributed by atoms with Gasteiger partial charge < -0.3 is 14.4 Å². The van der Waals surface area contributed by atoms with Gasteiger partial charge in [0.1, 0.15) is 5.76 Å². The first-order chi connectivity index (χ1) is 12.1. The van der Waals surface area contributed by atoms with Crippen molar-refractivity contribution in [2.45, 2.75) is 13.1 Å². The highest BCUT2D eigenvalue weighted by atomic mass is 19.4. The molecule has 0 radical (unpaired) electrons. The lowest BCUT2D eigenvalue weighted by atomic mass is 9.96. The fourth-order valence-corrected chi connectivity index (χ4v) is 2.95. The van der Waals surface area contributed by atoms with Crippen LogP contribution < -0.4 is 0 Å². The van der Waals surface area contributed by atoms with Crippen molar-refractivity contribution in [3.8, 4) is 11.5 Å². The highest BCUT2D eigenvalue weighted by Crippen LogP contribution is 2.38. The number of carboxylic acid groups (broad SMARTS) is 1. The number of halogens is 3. The normalized spacial score (nSPS) is 20.6. The molecule has 11 heteroatoms. The molecule has 1 N–H and O–H groups in total. The van der Waals surface area contributed by atoms with Crippen molar-refractivity contribution in [2.75, 3.05) is 13.1 Å². The lowest BCUT2D eigenvalue weighted by Crippen LogP contribution is -2.34. The molecule has 1 amide bonds. The molecule has 3 rings (SSSR count). The number of aryl methyl sites for hydroxylation is 2. The highest BCUT2D eigenvalue weighted by molar-refractivity contribution is 5.94. The van der Waals surface area contributed by atoms with E-state index in [1.807, 2.05) is 0 Å². The fourth-order valence-electron chi connectivity index (χ4n) is 2.95. The summed E-state index contributed by atoms with van der Waals surface area (Å²) in [6.07, 6.45) is -1.64. The number of aliphatic carboxylic acids is 1. The Morgan fingerprint density at radius 2 is 2.04 bits per heavy atom. The van der Waals surface area contributed by atoms with E-state index in [2.05, 4.69) is 10.1 Å². The molecule has 2 aromatic rings. The van der Waals surface area contributed by atoms with Crippen LogP contribution in [0.2, 0.25) is 0 Å². The number of carbonyl (C=O) groups is 2. The molecule has 8 nitrogen and oxygen atoms in total. The number of alkyl halides is 3. The van der Waals surface area contributed by atoms with Gasteiger partial charge in [-0.05, 0) is 6.92 Å². The van der Waals surface area contributed by atoms with Gasteiger partial charge >= 0.3 is 12.1 Å². The summed E-state index contributed by atoms with van der Waals surface area (Å²) in [5.74, 6) is -5.95. The number of carbonyl (C=O) groups excluding carboxylic acids is 1. The molecule has 0 aromatic carbocycles. The van der Waals surface area contributed by atoms with E-state index in [0.717, 1.165) is 4.90 Å². The molecule has 2 atom stereocenters. The number of oxazole rings is 1. The first-order valence-electron chi connectivity index (χ1n) is 7.63. The van der Waals surface area contributed by atoms with Gasteiger partial charge in [-0.25, -0.2) is 4.98 Å². The maximum absolute atomic E-state index is 13.1. The van der Waals surface area contributed by atoms with Gasteiger partial charge in [0.2, 0.25) is 5.89 Å². The SMILES string of the molecule is Cc1oc(-c2cnn(C)c2)nc1C(=O)N1C[C@@H](C(F)(F)F)[C@H](C(=O)O)C1. The molecule has 2 aromatic heterocycles. The minimum Gasteiger partial charge on any atom is -0.481 e. The number of likely N-dealkylation sites (tertiary alicyclic amines) is 1. The van der Waals surface area contributed by atoms with Crippen molar-refractivity contribution in [1.82, 2.24) is 19.7 Å². The van der Waals surface area contributed by atoms with Gasteiger partial charge in [-0.3, -0.25) is 14.3 Å². The Morgan fingerprint density at radius 3 is 2.54 bits per heavy atom. The van der Waals surface area contributed by atoms with Crippen LogP contribution in [0.4, 0.5) is 13.2 Å². The summed E-state index contributed by atoms with van der Waals surface area (Å²) in [6, 6.07) is 0. The van der Waals surface area contributed by atoms with Gasteiger partial charge in [-0.2, -0.15) is 18.3 Å². The van der Waals surface area contributed by atoms with Crippen LogP contribution in [-0.2, 0) is 11.8 Å². The Hall–Kier alpha value is -2.85. The zero-order chi connectivity index (χ0) is 19.2. The van der Waals surface area contributed by atoms with E-state index in [0.29, 0.717) is 5.56 Å². The van der Waals surface area contributed by atoms with Crippen molar-refractivity contribution >= 4 is 11.9 Å². The number of nitrogens with zero attached hydrogens (tertiary/aromatic N) is 4. The summed E-state index contributed by atoms with van der Waals surface area (Å²) < 4.78 is 46.1. The van der Waals surface area contributed by atoms with Crippen molar-refractivity contribution < 1.29 is 32.3 Å². The molecule has 0 saturated carbocycles. The fraction of sp³-hybridized carbons (Fsp3) is 0.467. The average molecular weight is 372 g/mol. The predicted molar refractivity (Wildman–Crippen MR) is 80.0 cm³/mol. The van der Waals surface area contributed by atoms with E-state index in [-0.39, 0.29) is 17.3 Å². The zero-order valence-corrected chi connectivity index (χ0v) is 13.8. The number of hydrogen-bond donors (Lipinski definition) is 1. The van der Waals surface area contributed by atoms with E-state index < -0.39 is 43.0 Å². The average Bonchev–Trinajstić information content (AvgIpc) is 3.23. The van der Waals surface area contributed by atoms with Gasteiger partial charge in [0, 0.05) is 26.3 Å². The van der Waals surface area contributed by atoms with Crippen LogP contribution in [-0.4, -0.2) is 55.9 Å². The van der Waals surface area contributed by atoms with Crippen LogP contribution in [0.25, 0.3) is 11.5 Å². The molecule has 0 unspecified atom stereocenters. The minimum absolute atomic E-state index is 0.111. The summed E-state index contributed by atoms with van der Waals surface area (Å²) in [4.78, 5) is 28.6. The van der Waals surface area contributed by atoms with Gasteiger partial charge in [0.15, 0.2) is 5.69 Å². The molecular weight excluding hydrogens is 357 g/mol. The van der Waals surface area contributed by atoms with E-state index in [1.165, 1.54) is 17.8 Å². The van der Waals surface area contributed by atoms with E-state index in [1.54, 1.807) is 13.2 Å². The summed E-state index contributed by atoms with van der Waals surface area (Å²) in [6.45, 7) is 0.201. The number of rotatable bonds is 3. The smallest absolute Gasteiger partial charge is 0.394 e. The molecular formula is C15H15F3N4O4. The van der Waals surface area contributed by atoms with Crippen LogP contribution >= 0.6 is 0 Å². The first-order valence-corrected chi connectivity index (χ1v) is 7.63. The number of hydrogen-bond acceptors (Lipinski definition) is 5. The molecule has 1 aliphatic heterocycles. The Labute approximate surface area is 145 Å². The molecule has 0 spiro atoms. The second kappa shape index (κ2) is 6.15. The zero-order valence-electron chi connectivity index (χ0n) is 13.8. The summed E-state index contributed by atoms with van der Waals surface area (Å²) in [5.41, 5.74) is 0.364. The third-order valence-electron chi connectivity index (χ3n) is 4.30. The second-order valence-electron chi connectivity index (χ2n) is 6.13. The highest BCUT2D eigenvalue weighted by Gasteiger charge is 2.53. The molecule has 1 saturated heterocycles. The number of carboxylic acids is 1. The number of amides is 1. The Morgan fingerprint density at radius 1 is 1.35 bits per heavy atom. The second-order valence-corrected chi connectivity index (χ2v) is 6.13. The third kappa shape index (κ3) is 3.16. The monoisotopic (exact) mass is 372 g/mol. The Bertz CT molecular complexity index is 857. The van der Waals surface area contributed by atoms with Crippen LogP contribution in [0.3, 0.4) is 0 Å². The summed E-state index contributed by atoms with van der Waals surface area (Å²) in [5, 5.41) is 13.0. The Balaban J connectivity index is 1.86. The molecule has 140 valence electrons. The maximum atomic E-state index is 13.1. The predicted octanol–water partition coefficient (Wildman–Crippen LogP) is 1.72. The van der Waals surface area contributed by atoms with E-state index >= 15 is 0 Å². The summed E-state index contributed by atoms with van der Waals surface area (Å²) in [7, 11) is 1.68. The van der Waals surface area contributed by atoms with Crippen molar-refractivity contribution in [1.29, 1.82) is 0 Å². The summed E-state index contributed by atoms with van der Waals surface area (Å²) >= 11 is 0. The van der Waals surface area contributed by atoms with Crippen molar-refractivity contribution in [3.63, 3.8) is 0 Å². The minimum atomic E-state index is -4.71. The molecule has 26 heavy (non-hydrogen) atoms. The Kier molecular flexibility index (Phi) is 4.24. The van der Waals surface area contributed by atoms with Gasteiger partial charge in [0.05, 0.1) is 23.6 Å². The molecule has 1 aliphatic rings. The third-order valence-corrected chi connectivity index (χ3v) is 4.30. The van der Waals surface area contributed by atoms with Crippen LogP contribution in [0.5, 0.6) is 0 Å². The van der Waals surface area contributed by atoms with Crippen molar-refractivity contribution in [2.24, 2.45) is 18.9 Å². The van der Waals surface area contributed by atoms with Crippen LogP contribution in [0.1, 0.15) is 16.2 Å². The van der Waals surface area contributed by atoms with E-state index in [9.17, 15) is 22.8 Å². The molecule has 3 heterocycles. The first kappa shape index (κ1) is 18.0. The number of aromatic nitrogens is 3. The van der Waals surface area contributed by atoms with Gasteiger partial charge in [-0.1, -0.05) is 0 Å². The van der Waals surface area contributed by atoms with Crippen LogP contribution in [0.15, 0.2) is 16.8 Å².